The summed E-state index contributed by atoms with van der Waals surface area (Å²) in [7, 11) is 5.20. The Morgan fingerprint density at radius 3 is 2.44 bits per heavy atom. The highest BCUT2D eigenvalue weighted by Gasteiger charge is 2.25. The number of carbonyl (C=O) groups excluding carboxylic acids is 1. The summed E-state index contributed by atoms with van der Waals surface area (Å²) in [6.07, 6.45) is 0. The molecule has 1 amide bonds. The Balaban J connectivity index is 1.78. The zero-order chi connectivity index (χ0) is 24.4. The van der Waals surface area contributed by atoms with E-state index in [9.17, 15) is 9.59 Å². The van der Waals surface area contributed by atoms with Crippen LogP contribution in [0, 0.1) is 13.8 Å². The molecule has 1 aliphatic rings. The third-order valence-corrected chi connectivity index (χ3v) is 6.24. The number of methoxy groups -OCH3 is 2. The van der Waals surface area contributed by atoms with Crippen LogP contribution in [-0.4, -0.2) is 64.9 Å². The van der Waals surface area contributed by atoms with Gasteiger partial charge in [0.2, 0.25) is 11.2 Å². The Morgan fingerprint density at radius 2 is 1.76 bits per heavy atom. The topological polar surface area (TPSA) is 82.7 Å². The van der Waals surface area contributed by atoms with Gasteiger partial charge in [-0.15, -0.1) is 0 Å². The molecule has 0 saturated carbocycles. The molecule has 1 aromatic heterocycles. The van der Waals surface area contributed by atoms with Crippen LogP contribution in [-0.2, 0) is 4.79 Å². The first kappa shape index (κ1) is 23.6. The largest absolute Gasteiger partial charge is 0.493 e. The molecule has 0 atom stereocenters. The summed E-state index contributed by atoms with van der Waals surface area (Å²) in [5.74, 6) is 1.16. The lowest BCUT2D eigenvalue weighted by atomic mass is 10.0. The highest BCUT2D eigenvalue weighted by molar-refractivity contribution is 5.85. The van der Waals surface area contributed by atoms with E-state index in [4.69, 9.17) is 18.6 Å². The van der Waals surface area contributed by atoms with Crippen LogP contribution in [0.2, 0.25) is 0 Å². The quantitative estimate of drug-likeness (QED) is 0.596. The summed E-state index contributed by atoms with van der Waals surface area (Å²) in [4.78, 5) is 29.6. The minimum absolute atomic E-state index is 0.0119. The lowest BCUT2D eigenvalue weighted by Crippen LogP contribution is -3.12. The van der Waals surface area contributed by atoms with Gasteiger partial charge in [0.25, 0.3) is 5.91 Å². The maximum absolute atomic E-state index is 13.6. The van der Waals surface area contributed by atoms with Gasteiger partial charge in [0.05, 0.1) is 52.8 Å². The Hall–Kier alpha value is -3.52. The number of benzene rings is 2. The van der Waals surface area contributed by atoms with Crippen LogP contribution in [0.5, 0.6) is 17.2 Å². The third kappa shape index (κ3) is 4.59. The molecule has 0 radical (unpaired) electrons. The fourth-order valence-corrected chi connectivity index (χ4v) is 4.29. The van der Waals surface area contributed by atoms with Gasteiger partial charge >= 0.3 is 0 Å². The predicted octanol–water partition coefficient (Wildman–Crippen LogP) is 1.83. The number of ether oxygens (including phenoxy) is 3. The fourth-order valence-electron chi connectivity index (χ4n) is 4.29. The maximum Gasteiger partial charge on any atom is 0.260 e. The number of likely N-dealkylation sites (N-methyl/N-ethyl adjacent to an activating group) is 1. The molecule has 0 aliphatic carbocycles. The van der Waals surface area contributed by atoms with Crippen molar-refractivity contribution in [2.24, 2.45) is 0 Å². The number of hydrogen-bond donors (Lipinski definition) is 1. The first-order valence-corrected chi connectivity index (χ1v) is 11.3. The number of quaternary nitrogens is 1. The summed E-state index contributed by atoms with van der Waals surface area (Å²) in [5.41, 5.74) is 2.55. The Labute approximate surface area is 198 Å². The monoisotopic (exact) mass is 467 g/mol. The minimum atomic E-state index is -0.312. The molecular weight excluding hydrogens is 436 g/mol. The van der Waals surface area contributed by atoms with Crippen LogP contribution in [0.3, 0.4) is 0 Å². The van der Waals surface area contributed by atoms with E-state index in [0.29, 0.717) is 41.1 Å². The minimum Gasteiger partial charge on any atom is -0.493 e. The fraction of sp³-hybridized carbons (Fsp3) is 0.385. The molecule has 180 valence electrons. The predicted molar refractivity (Wildman–Crippen MR) is 129 cm³/mol. The van der Waals surface area contributed by atoms with Gasteiger partial charge in [0, 0.05) is 5.56 Å². The van der Waals surface area contributed by atoms with Crippen LogP contribution in [0.4, 0.5) is 0 Å². The zero-order valence-corrected chi connectivity index (χ0v) is 20.3. The Kier molecular flexibility index (Phi) is 6.79. The summed E-state index contributed by atoms with van der Waals surface area (Å²) in [6, 6.07) is 8.98. The third-order valence-electron chi connectivity index (χ3n) is 6.24. The molecule has 2 aromatic carbocycles. The number of nitrogens with one attached hydrogen (secondary N) is 1. The molecule has 2 heterocycles. The van der Waals surface area contributed by atoms with Gasteiger partial charge in [-0.25, -0.2) is 0 Å². The van der Waals surface area contributed by atoms with E-state index < -0.39 is 0 Å². The first-order chi connectivity index (χ1) is 16.3. The number of nitrogens with zero attached hydrogens (tertiary/aromatic N) is 1. The molecule has 0 bridgehead atoms. The van der Waals surface area contributed by atoms with E-state index in [1.807, 2.05) is 19.9 Å². The second-order valence-electron chi connectivity index (χ2n) is 8.74. The standard InChI is InChI=1S/C26H30N2O6/c1-16-12-17(2)24-19(13-16)23(30)26(33-15-22(29)28-10-8-27(3)9-11-28)25(34-24)18-6-7-20(31-4)21(14-18)32-5/h6-7,12-14H,8-11,15H2,1-5H3/p+1. The lowest BCUT2D eigenvalue weighted by molar-refractivity contribution is -0.883. The number of rotatable bonds is 6. The smallest absolute Gasteiger partial charge is 0.260 e. The van der Waals surface area contributed by atoms with Crippen LogP contribution in [0.1, 0.15) is 11.1 Å². The summed E-state index contributed by atoms with van der Waals surface area (Å²) >= 11 is 0. The van der Waals surface area contributed by atoms with Crippen molar-refractivity contribution in [2.45, 2.75) is 13.8 Å². The Morgan fingerprint density at radius 1 is 1.06 bits per heavy atom. The van der Waals surface area contributed by atoms with Gasteiger partial charge in [-0.1, -0.05) is 6.07 Å². The molecule has 0 unspecified atom stereocenters. The van der Waals surface area contributed by atoms with Gasteiger partial charge in [-0.3, -0.25) is 9.59 Å². The van der Waals surface area contributed by atoms with Crippen LogP contribution >= 0.6 is 0 Å². The van der Waals surface area contributed by atoms with Crippen molar-refractivity contribution in [3.8, 4) is 28.6 Å². The van der Waals surface area contributed by atoms with E-state index in [1.165, 1.54) is 4.90 Å². The van der Waals surface area contributed by atoms with Crippen molar-refractivity contribution in [1.82, 2.24) is 4.90 Å². The molecule has 1 saturated heterocycles. The Bertz CT molecular complexity index is 1270. The average molecular weight is 468 g/mol. The van der Waals surface area contributed by atoms with E-state index in [1.54, 1.807) is 43.4 Å². The zero-order valence-electron chi connectivity index (χ0n) is 20.3. The van der Waals surface area contributed by atoms with Gasteiger partial charge in [-0.05, 0) is 49.2 Å². The number of aryl methyl sites for hydroxylation is 2. The average Bonchev–Trinajstić information content (AvgIpc) is 2.83. The van der Waals surface area contributed by atoms with Gasteiger partial charge in [0.1, 0.15) is 5.58 Å². The number of amides is 1. The summed E-state index contributed by atoms with van der Waals surface area (Å²) in [6.45, 7) is 6.70. The SMILES string of the molecule is COc1ccc(-c2oc3c(C)cc(C)cc3c(=O)c2OCC(=O)N2CC[NH+](C)CC2)cc1OC. The number of carbonyl (C=O) groups is 1. The van der Waals surface area contributed by atoms with Crippen molar-refractivity contribution in [1.29, 1.82) is 0 Å². The highest BCUT2D eigenvalue weighted by atomic mass is 16.5. The number of piperazine rings is 1. The second-order valence-corrected chi connectivity index (χ2v) is 8.74. The van der Waals surface area contributed by atoms with Crippen molar-refractivity contribution < 1.29 is 28.3 Å². The van der Waals surface area contributed by atoms with Gasteiger partial charge in [0.15, 0.2) is 23.9 Å². The van der Waals surface area contributed by atoms with Crippen molar-refractivity contribution in [3.05, 3.63) is 51.7 Å². The van der Waals surface area contributed by atoms with Crippen LogP contribution in [0.25, 0.3) is 22.3 Å². The summed E-state index contributed by atoms with van der Waals surface area (Å²) in [5, 5.41) is 0.423. The molecule has 3 aromatic rings. The molecule has 0 spiro atoms. The van der Waals surface area contributed by atoms with E-state index in [-0.39, 0.29) is 29.5 Å². The van der Waals surface area contributed by atoms with Crippen LogP contribution in [0.15, 0.2) is 39.5 Å². The molecular formula is C26H31N2O6+. The molecule has 8 nitrogen and oxygen atoms in total. The number of hydrogen-bond acceptors (Lipinski definition) is 6. The molecule has 34 heavy (non-hydrogen) atoms. The lowest BCUT2D eigenvalue weighted by Gasteiger charge is -2.30. The molecule has 1 fully saturated rings. The first-order valence-electron chi connectivity index (χ1n) is 11.3. The molecule has 8 heteroatoms. The van der Waals surface area contributed by atoms with Crippen LogP contribution < -0.4 is 24.5 Å². The highest BCUT2D eigenvalue weighted by Crippen LogP contribution is 2.37. The van der Waals surface area contributed by atoms with Crippen molar-refractivity contribution >= 4 is 16.9 Å². The summed E-state index contributed by atoms with van der Waals surface area (Å²) < 4.78 is 22.9. The van der Waals surface area contributed by atoms with E-state index in [0.717, 1.165) is 24.2 Å². The normalized spacial score (nSPS) is 14.3. The van der Waals surface area contributed by atoms with Crippen molar-refractivity contribution in [2.75, 3.05) is 54.1 Å². The molecule has 1 N–H and O–H groups in total. The maximum atomic E-state index is 13.6. The molecule has 4 rings (SSSR count). The van der Waals surface area contributed by atoms with E-state index in [2.05, 4.69) is 7.05 Å². The van der Waals surface area contributed by atoms with Gasteiger partial charge in [-0.2, -0.15) is 0 Å². The second kappa shape index (κ2) is 9.77. The van der Waals surface area contributed by atoms with E-state index >= 15 is 0 Å². The van der Waals surface area contributed by atoms with Crippen molar-refractivity contribution in [3.63, 3.8) is 0 Å². The van der Waals surface area contributed by atoms with Gasteiger partial charge < -0.3 is 28.4 Å². The number of fused-ring (bicyclic) bond motifs is 1. The molecule has 1 aliphatic heterocycles.